The van der Waals surface area contributed by atoms with Gasteiger partial charge >= 0.3 is 0 Å². The highest BCUT2D eigenvalue weighted by Gasteiger charge is 2.30. The van der Waals surface area contributed by atoms with Gasteiger partial charge in [0.25, 0.3) is 5.91 Å². The van der Waals surface area contributed by atoms with Crippen molar-refractivity contribution < 1.29 is 23.9 Å². The molecule has 1 amide bonds. The number of carbonyl (C=O) groups is 1. The summed E-state index contributed by atoms with van der Waals surface area (Å²) in [6.07, 6.45) is -0.881. The second-order valence-corrected chi connectivity index (χ2v) is 5.58. The van der Waals surface area contributed by atoms with Gasteiger partial charge in [-0.2, -0.15) is 0 Å². The second-order valence-electron chi connectivity index (χ2n) is 5.58. The zero-order chi connectivity index (χ0) is 17.1. The van der Waals surface area contributed by atoms with E-state index in [2.05, 4.69) is 5.16 Å². The van der Waals surface area contributed by atoms with E-state index in [-0.39, 0.29) is 11.7 Å². The first-order valence-electron chi connectivity index (χ1n) is 7.81. The van der Waals surface area contributed by atoms with E-state index < -0.39 is 6.10 Å². The van der Waals surface area contributed by atoms with Crippen LogP contribution < -0.4 is 4.74 Å². The number of ether oxygens (including phenoxy) is 2. The summed E-state index contributed by atoms with van der Waals surface area (Å²) >= 11 is 0. The molecule has 1 aromatic heterocycles. The van der Waals surface area contributed by atoms with Gasteiger partial charge in [0.2, 0.25) is 5.76 Å². The summed E-state index contributed by atoms with van der Waals surface area (Å²) in [6.45, 7) is 3.58. The van der Waals surface area contributed by atoms with Crippen LogP contribution in [0.4, 0.5) is 0 Å². The molecule has 2 heterocycles. The van der Waals surface area contributed by atoms with Crippen molar-refractivity contribution in [3.05, 3.63) is 35.6 Å². The molecule has 7 nitrogen and oxygen atoms in total. The van der Waals surface area contributed by atoms with E-state index >= 15 is 0 Å². The van der Waals surface area contributed by atoms with Crippen molar-refractivity contribution in [1.29, 1.82) is 0 Å². The van der Waals surface area contributed by atoms with Crippen molar-refractivity contribution >= 4 is 5.91 Å². The SMILES string of the molecule is COc1ccc(-c2noc(C(=O)N3CCOCC3)c2C(C)O)cc1. The Kier molecular flexibility index (Phi) is 4.82. The van der Waals surface area contributed by atoms with Gasteiger partial charge in [0.1, 0.15) is 11.4 Å². The van der Waals surface area contributed by atoms with Gasteiger partial charge in [-0.25, -0.2) is 0 Å². The maximum atomic E-state index is 12.7. The molecular formula is C17H20N2O5. The average molecular weight is 332 g/mol. The first-order valence-corrected chi connectivity index (χ1v) is 7.81. The lowest BCUT2D eigenvalue weighted by atomic mass is 10.0. The molecule has 0 bridgehead atoms. The highest BCUT2D eigenvalue weighted by atomic mass is 16.5. The van der Waals surface area contributed by atoms with E-state index in [1.54, 1.807) is 31.1 Å². The van der Waals surface area contributed by atoms with E-state index in [4.69, 9.17) is 14.0 Å². The summed E-state index contributed by atoms with van der Waals surface area (Å²) in [7, 11) is 1.59. The first kappa shape index (κ1) is 16.5. The first-order chi connectivity index (χ1) is 11.6. The predicted molar refractivity (Wildman–Crippen MR) is 85.8 cm³/mol. The van der Waals surface area contributed by atoms with Crippen molar-refractivity contribution in [3.8, 4) is 17.0 Å². The molecule has 0 radical (unpaired) electrons. The number of benzene rings is 1. The quantitative estimate of drug-likeness (QED) is 0.920. The summed E-state index contributed by atoms with van der Waals surface area (Å²) in [6, 6.07) is 7.20. The van der Waals surface area contributed by atoms with Crippen LogP contribution in [0.15, 0.2) is 28.8 Å². The molecule has 7 heteroatoms. The number of methoxy groups -OCH3 is 1. The summed E-state index contributed by atoms with van der Waals surface area (Å²) in [5.74, 6) is 0.518. The van der Waals surface area contributed by atoms with Crippen LogP contribution in [0, 0.1) is 0 Å². The Morgan fingerprint density at radius 1 is 1.29 bits per heavy atom. The average Bonchev–Trinajstić information content (AvgIpc) is 3.07. The molecule has 1 N–H and O–H groups in total. The minimum atomic E-state index is -0.881. The third-order valence-corrected chi connectivity index (χ3v) is 4.00. The molecule has 1 unspecified atom stereocenters. The molecule has 1 aromatic carbocycles. The second kappa shape index (κ2) is 7.02. The third-order valence-electron chi connectivity index (χ3n) is 4.00. The van der Waals surface area contributed by atoms with Gasteiger partial charge in [0.05, 0.1) is 32.0 Å². The normalized spacial score (nSPS) is 16.0. The van der Waals surface area contributed by atoms with Gasteiger partial charge < -0.3 is 24.0 Å². The Bertz CT molecular complexity index is 702. The van der Waals surface area contributed by atoms with Crippen LogP contribution in [0.3, 0.4) is 0 Å². The van der Waals surface area contributed by atoms with Crippen LogP contribution >= 0.6 is 0 Å². The molecule has 24 heavy (non-hydrogen) atoms. The molecule has 0 saturated carbocycles. The van der Waals surface area contributed by atoms with Crippen molar-refractivity contribution in [2.24, 2.45) is 0 Å². The number of nitrogens with zero attached hydrogens (tertiary/aromatic N) is 2. The monoisotopic (exact) mass is 332 g/mol. The van der Waals surface area contributed by atoms with Gasteiger partial charge in [-0.3, -0.25) is 4.79 Å². The van der Waals surface area contributed by atoms with Crippen LogP contribution in [-0.4, -0.2) is 54.5 Å². The minimum absolute atomic E-state index is 0.0812. The van der Waals surface area contributed by atoms with Gasteiger partial charge in [-0.05, 0) is 31.2 Å². The van der Waals surface area contributed by atoms with Crippen LogP contribution in [0.5, 0.6) is 5.75 Å². The Balaban J connectivity index is 1.96. The highest BCUT2D eigenvalue weighted by molar-refractivity contribution is 5.94. The molecule has 1 atom stereocenters. The lowest BCUT2D eigenvalue weighted by molar-refractivity contribution is 0.0273. The number of aliphatic hydroxyl groups is 1. The van der Waals surface area contributed by atoms with Crippen LogP contribution in [-0.2, 0) is 4.74 Å². The van der Waals surface area contributed by atoms with Gasteiger partial charge in [-0.1, -0.05) is 5.16 Å². The summed E-state index contributed by atoms with van der Waals surface area (Å²) in [4.78, 5) is 14.3. The maximum Gasteiger partial charge on any atom is 0.293 e. The van der Waals surface area contributed by atoms with E-state index in [9.17, 15) is 9.90 Å². The fourth-order valence-electron chi connectivity index (χ4n) is 2.71. The Labute approximate surface area is 139 Å². The van der Waals surface area contributed by atoms with Crippen LogP contribution in [0.1, 0.15) is 29.1 Å². The Morgan fingerprint density at radius 3 is 2.54 bits per heavy atom. The van der Waals surface area contributed by atoms with Crippen molar-refractivity contribution in [2.75, 3.05) is 33.4 Å². The van der Waals surface area contributed by atoms with E-state index in [0.717, 1.165) is 5.56 Å². The maximum absolute atomic E-state index is 12.7. The highest BCUT2D eigenvalue weighted by Crippen LogP contribution is 2.32. The molecule has 0 aliphatic carbocycles. The summed E-state index contributed by atoms with van der Waals surface area (Å²) < 4.78 is 15.7. The standard InChI is InChI=1S/C17H20N2O5/c1-11(20)14-15(12-3-5-13(22-2)6-4-12)18-24-16(14)17(21)19-7-9-23-10-8-19/h3-6,11,20H,7-10H2,1-2H3. The number of morpholine rings is 1. The summed E-state index contributed by atoms with van der Waals surface area (Å²) in [5, 5.41) is 14.2. The third kappa shape index (κ3) is 3.13. The fraction of sp³-hybridized carbons (Fsp3) is 0.412. The topological polar surface area (TPSA) is 85.0 Å². The zero-order valence-electron chi connectivity index (χ0n) is 13.7. The minimum Gasteiger partial charge on any atom is -0.497 e. The van der Waals surface area contributed by atoms with Crippen molar-refractivity contribution in [1.82, 2.24) is 10.1 Å². The lowest BCUT2D eigenvalue weighted by Crippen LogP contribution is -2.40. The van der Waals surface area contributed by atoms with Crippen LogP contribution in [0.25, 0.3) is 11.3 Å². The lowest BCUT2D eigenvalue weighted by Gasteiger charge is -2.26. The summed E-state index contributed by atoms with van der Waals surface area (Å²) in [5.41, 5.74) is 1.61. The Morgan fingerprint density at radius 2 is 1.96 bits per heavy atom. The van der Waals surface area contributed by atoms with Gasteiger partial charge in [-0.15, -0.1) is 0 Å². The van der Waals surface area contributed by atoms with E-state index in [1.165, 1.54) is 0 Å². The number of hydrogen-bond donors (Lipinski definition) is 1. The number of hydrogen-bond acceptors (Lipinski definition) is 6. The number of aliphatic hydroxyl groups excluding tert-OH is 1. The van der Waals surface area contributed by atoms with Gasteiger partial charge in [0.15, 0.2) is 0 Å². The van der Waals surface area contributed by atoms with Gasteiger partial charge in [0, 0.05) is 18.7 Å². The fourth-order valence-corrected chi connectivity index (χ4v) is 2.71. The Hall–Kier alpha value is -2.38. The van der Waals surface area contributed by atoms with E-state index in [1.807, 2.05) is 12.1 Å². The molecule has 128 valence electrons. The number of aromatic nitrogens is 1. The molecule has 1 saturated heterocycles. The molecule has 2 aromatic rings. The largest absolute Gasteiger partial charge is 0.497 e. The predicted octanol–water partition coefficient (Wildman–Crippen LogP) is 1.88. The van der Waals surface area contributed by atoms with Crippen molar-refractivity contribution in [2.45, 2.75) is 13.0 Å². The van der Waals surface area contributed by atoms with E-state index in [0.29, 0.717) is 43.3 Å². The number of carbonyl (C=O) groups excluding carboxylic acids is 1. The van der Waals surface area contributed by atoms with Crippen LogP contribution in [0.2, 0.25) is 0 Å². The number of amides is 1. The molecule has 1 fully saturated rings. The molecule has 0 spiro atoms. The molecule has 1 aliphatic heterocycles. The molecule has 3 rings (SSSR count). The van der Waals surface area contributed by atoms with Crippen molar-refractivity contribution in [3.63, 3.8) is 0 Å². The molecular weight excluding hydrogens is 312 g/mol. The molecule has 1 aliphatic rings. The zero-order valence-corrected chi connectivity index (χ0v) is 13.7. The smallest absolute Gasteiger partial charge is 0.293 e. The number of rotatable bonds is 4.